The Hall–Kier alpha value is -3.70. The summed E-state index contributed by atoms with van der Waals surface area (Å²) in [6, 6.07) is 9.52. The largest absolute Gasteiger partial charge is 0.507 e. The molecule has 1 unspecified atom stereocenters. The Labute approximate surface area is 265 Å². The average molecular weight is 618 g/mol. The molecule has 2 aromatic heterocycles. The minimum atomic E-state index is -0.463. The molecule has 3 N–H and O–H groups in total. The second-order valence-electron chi connectivity index (χ2n) is 13.9. The Bertz CT molecular complexity index is 1470. The summed E-state index contributed by atoms with van der Waals surface area (Å²) in [4.78, 5) is 21.6. The van der Waals surface area contributed by atoms with Gasteiger partial charge in [0, 0.05) is 36.8 Å². The number of imidazole rings is 1. The van der Waals surface area contributed by atoms with Gasteiger partial charge in [-0.3, -0.25) is 0 Å². The molecule has 1 amide bonds. The van der Waals surface area contributed by atoms with Crippen LogP contribution >= 0.6 is 0 Å². The lowest BCUT2D eigenvalue weighted by atomic mass is 9.81. The van der Waals surface area contributed by atoms with E-state index in [9.17, 15) is 9.90 Å². The molecule has 11 nitrogen and oxygen atoms in total. The van der Waals surface area contributed by atoms with Crippen molar-refractivity contribution in [2.75, 3.05) is 31.9 Å². The third-order valence-electron chi connectivity index (χ3n) is 9.67. The molecule has 6 rings (SSSR count). The molecule has 242 valence electrons. The van der Waals surface area contributed by atoms with Gasteiger partial charge in [0.1, 0.15) is 11.4 Å². The summed E-state index contributed by atoms with van der Waals surface area (Å²) in [5.41, 5.74) is 8.65. The van der Waals surface area contributed by atoms with Gasteiger partial charge in [0.15, 0.2) is 5.82 Å². The van der Waals surface area contributed by atoms with E-state index in [1.807, 2.05) is 54.6 Å². The third kappa shape index (κ3) is 7.25. The average Bonchev–Trinajstić information content (AvgIpc) is 3.49. The third-order valence-corrected chi connectivity index (χ3v) is 9.67. The number of hydrogen-bond donors (Lipinski definition) is 2. The Morgan fingerprint density at radius 1 is 1.02 bits per heavy atom. The quantitative estimate of drug-likeness (QED) is 0.359. The summed E-state index contributed by atoms with van der Waals surface area (Å²) in [6.07, 6.45) is 10.4. The normalized spacial score (nSPS) is 22.6. The van der Waals surface area contributed by atoms with Crippen molar-refractivity contribution in [2.24, 2.45) is 5.92 Å². The lowest BCUT2D eigenvalue weighted by Crippen LogP contribution is -2.52. The highest BCUT2D eigenvalue weighted by Gasteiger charge is 2.39. The van der Waals surface area contributed by atoms with Crippen LogP contribution in [0.25, 0.3) is 16.9 Å². The van der Waals surface area contributed by atoms with E-state index in [4.69, 9.17) is 20.2 Å². The van der Waals surface area contributed by atoms with E-state index in [-0.39, 0.29) is 17.9 Å². The maximum atomic E-state index is 12.3. The van der Waals surface area contributed by atoms with Crippen LogP contribution in [0.5, 0.6) is 5.75 Å². The van der Waals surface area contributed by atoms with Crippen molar-refractivity contribution in [2.45, 2.75) is 96.0 Å². The van der Waals surface area contributed by atoms with Gasteiger partial charge in [-0.1, -0.05) is 19.1 Å². The van der Waals surface area contributed by atoms with Crippen LogP contribution in [0.3, 0.4) is 0 Å². The second kappa shape index (κ2) is 13.0. The van der Waals surface area contributed by atoms with Gasteiger partial charge in [0.05, 0.1) is 35.6 Å². The fourth-order valence-corrected chi connectivity index (χ4v) is 6.87. The summed E-state index contributed by atoms with van der Waals surface area (Å²) < 4.78 is 13.9. The number of aromatic nitrogens is 4. The second-order valence-corrected chi connectivity index (χ2v) is 13.9. The highest BCUT2D eigenvalue weighted by atomic mass is 16.6. The van der Waals surface area contributed by atoms with Crippen LogP contribution in [0.1, 0.15) is 77.8 Å². The number of piperidine rings is 2. The smallest absolute Gasteiger partial charge is 0.410 e. The number of aromatic hydroxyl groups is 1. The molecule has 1 atom stereocenters. The molecule has 1 saturated carbocycles. The maximum absolute atomic E-state index is 12.3. The minimum Gasteiger partial charge on any atom is -0.507 e. The fraction of sp³-hybridized carbons (Fsp3) is 0.588. The first-order valence-corrected chi connectivity index (χ1v) is 16.4. The number of nitrogens with zero attached hydrogens (tertiary/aromatic N) is 6. The van der Waals surface area contributed by atoms with E-state index in [2.05, 4.69) is 22.0 Å². The summed E-state index contributed by atoms with van der Waals surface area (Å²) in [5.74, 6) is 1.35. The molecule has 4 heterocycles. The number of phenols is 1. The van der Waals surface area contributed by atoms with Crippen molar-refractivity contribution in [1.82, 2.24) is 29.5 Å². The number of ether oxygens (including phenoxy) is 2. The molecule has 3 aromatic rings. The number of nitrogens with two attached hydrogens (primary N) is 1. The predicted octanol–water partition coefficient (Wildman–Crippen LogP) is 5.38. The first-order chi connectivity index (χ1) is 21.5. The standard InChI is InChI=1S/C34H47N7O4/c1-22(29-20-41(21-36-29)30-19-28(37-38-32(30)35)27-7-5-6-8-31(27)42)23-9-13-39(14-10-23)24-17-26(18-24)44-25-11-15-40(16-12-25)33(43)45-34(2,3)4/h5-8,19-26,42H,9-18H2,1-4H3,(H2,35,38)/t22?,24-,26-. The maximum Gasteiger partial charge on any atom is 0.410 e. The predicted molar refractivity (Wildman–Crippen MR) is 172 cm³/mol. The van der Waals surface area contributed by atoms with Crippen molar-refractivity contribution in [1.29, 1.82) is 0 Å². The number of rotatable bonds is 7. The van der Waals surface area contributed by atoms with Crippen LogP contribution in [0.4, 0.5) is 10.6 Å². The molecule has 0 bridgehead atoms. The first-order valence-electron chi connectivity index (χ1n) is 16.4. The van der Waals surface area contributed by atoms with Crippen molar-refractivity contribution in [3.8, 4) is 22.7 Å². The molecule has 1 aromatic carbocycles. The van der Waals surface area contributed by atoms with E-state index in [0.29, 0.717) is 59.8 Å². The number of carbonyl (C=O) groups excluding carboxylic acids is 1. The number of para-hydroxylation sites is 1. The van der Waals surface area contributed by atoms with Crippen LogP contribution in [0.2, 0.25) is 0 Å². The van der Waals surface area contributed by atoms with E-state index in [1.54, 1.807) is 18.5 Å². The number of phenolic OH excluding ortho intramolecular Hbond substituents is 1. The van der Waals surface area contributed by atoms with E-state index < -0.39 is 5.60 Å². The van der Waals surface area contributed by atoms with Crippen LogP contribution < -0.4 is 5.73 Å². The van der Waals surface area contributed by atoms with E-state index in [0.717, 1.165) is 57.3 Å². The minimum absolute atomic E-state index is 0.149. The number of nitrogen functional groups attached to an aromatic ring is 1. The molecule has 0 radical (unpaired) electrons. The molecule has 2 saturated heterocycles. The van der Waals surface area contributed by atoms with Crippen molar-refractivity contribution in [3.05, 3.63) is 48.5 Å². The van der Waals surface area contributed by atoms with Gasteiger partial charge in [-0.15, -0.1) is 10.2 Å². The monoisotopic (exact) mass is 617 g/mol. The first kappa shape index (κ1) is 31.3. The molecular formula is C34H47N7O4. The van der Waals surface area contributed by atoms with Crippen LogP contribution in [0.15, 0.2) is 42.9 Å². The van der Waals surface area contributed by atoms with Crippen molar-refractivity contribution < 1.29 is 19.4 Å². The lowest BCUT2D eigenvalue weighted by Gasteiger charge is -2.47. The molecule has 11 heteroatoms. The van der Waals surface area contributed by atoms with Crippen molar-refractivity contribution in [3.63, 3.8) is 0 Å². The van der Waals surface area contributed by atoms with Crippen molar-refractivity contribution >= 4 is 11.9 Å². The topological polar surface area (TPSA) is 132 Å². The fourth-order valence-electron chi connectivity index (χ4n) is 6.87. The number of hydrogen-bond acceptors (Lipinski definition) is 9. The Kier molecular flexibility index (Phi) is 9.01. The zero-order valence-electron chi connectivity index (χ0n) is 26.9. The highest BCUT2D eigenvalue weighted by Crippen LogP contribution is 2.37. The summed E-state index contributed by atoms with van der Waals surface area (Å²) in [6.45, 7) is 11.6. The van der Waals surface area contributed by atoms with Crippen LogP contribution in [0, 0.1) is 5.92 Å². The van der Waals surface area contributed by atoms with E-state index >= 15 is 0 Å². The van der Waals surface area contributed by atoms with Gasteiger partial charge < -0.3 is 34.7 Å². The molecule has 0 spiro atoms. The number of amides is 1. The highest BCUT2D eigenvalue weighted by molar-refractivity contribution is 5.70. The Morgan fingerprint density at radius 2 is 1.73 bits per heavy atom. The SMILES string of the molecule is CC(c1cn(-c2cc(-c3ccccc3O)nnc2N)cn1)C1CCN([C@H]2C[C@H](OC3CCN(C(=O)OC(C)(C)C)CC3)C2)CC1. The zero-order valence-corrected chi connectivity index (χ0v) is 26.9. The van der Waals surface area contributed by atoms with Gasteiger partial charge in [-0.2, -0.15) is 0 Å². The summed E-state index contributed by atoms with van der Waals surface area (Å²) >= 11 is 0. The lowest BCUT2D eigenvalue weighted by molar-refractivity contribution is -0.106. The van der Waals surface area contributed by atoms with Crippen LogP contribution in [-0.4, -0.2) is 90.8 Å². The molecule has 45 heavy (non-hydrogen) atoms. The number of likely N-dealkylation sites (tertiary alicyclic amines) is 2. The van der Waals surface area contributed by atoms with Gasteiger partial charge in [-0.25, -0.2) is 9.78 Å². The number of benzene rings is 1. The molecule has 1 aliphatic carbocycles. The zero-order chi connectivity index (χ0) is 31.7. The molecule has 3 aliphatic rings. The van der Waals surface area contributed by atoms with E-state index in [1.165, 1.54) is 0 Å². The van der Waals surface area contributed by atoms with Gasteiger partial charge in [0.25, 0.3) is 0 Å². The van der Waals surface area contributed by atoms with Gasteiger partial charge in [0.2, 0.25) is 0 Å². The Balaban J connectivity index is 0.955. The number of anilines is 1. The van der Waals surface area contributed by atoms with Crippen LogP contribution in [-0.2, 0) is 9.47 Å². The number of carbonyl (C=O) groups is 1. The summed E-state index contributed by atoms with van der Waals surface area (Å²) in [5, 5.41) is 18.6. The Morgan fingerprint density at radius 3 is 2.42 bits per heavy atom. The van der Waals surface area contributed by atoms with Gasteiger partial charge >= 0.3 is 6.09 Å². The summed E-state index contributed by atoms with van der Waals surface area (Å²) in [7, 11) is 0. The molecule has 2 aliphatic heterocycles. The molecule has 3 fully saturated rings. The molecular weight excluding hydrogens is 570 g/mol. The van der Waals surface area contributed by atoms with Gasteiger partial charge in [-0.05, 0) is 96.5 Å².